The van der Waals surface area contributed by atoms with Gasteiger partial charge in [-0.05, 0) is 80.0 Å². The molecular weight excluding hydrogens is 372 g/mol. The van der Waals surface area contributed by atoms with Crippen molar-refractivity contribution in [1.82, 2.24) is 10.3 Å². The Labute approximate surface area is 160 Å². The average molecular weight is 403 g/mol. The normalized spacial score (nSPS) is 27.4. The average Bonchev–Trinajstić information content (AvgIpc) is 2.94. The number of aromatic amines is 1. The zero-order chi connectivity index (χ0) is 17.6. The smallest absolute Gasteiger partial charge is 0.0478 e. The lowest BCUT2D eigenvalue weighted by molar-refractivity contribution is 0.154. The second kappa shape index (κ2) is 6.74. The number of fused-ring (bicyclic) bond motifs is 3. The van der Waals surface area contributed by atoms with E-state index in [1.165, 1.54) is 66.0 Å². The van der Waals surface area contributed by atoms with Crippen LogP contribution in [0.3, 0.4) is 0 Å². The van der Waals surface area contributed by atoms with Gasteiger partial charge in [-0.1, -0.05) is 36.7 Å². The molecule has 1 fully saturated rings. The molecule has 3 heteroatoms. The van der Waals surface area contributed by atoms with E-state index in [9.17, 15) is 0 Å². The molecule has 2 aliphatic rings. The molecule has 2 nitrogen and oxygen atoms in total. The largest absolute Gasteiger partial charge is 0.357 e. The van der Waals surface area contributed by atoms with Crippen molar-refractivity contribution in [1.29, 1.82) is 0 Å². The van der Waals surface area contributed by atoms with Crippen LogP contribution in [0.1, 0.15) is 76.6 Å². The maximum atomic E-state index is 4.02. The third-order valence-corrected chi connectivity index (χ3v) is 7.05. The minimum atomic E-state index is 0.466. The highest BCUT2D eigenvalue weighted by Gasteiger charge is 2.32. The van der Waals surface area contributed by atoms with Crippen LogP contribution in [0, 0.1) is 11.3 Å². The lowest BCUT2D eigenvalue weighted by Gasteiger charge is -2.39. The van der Waals surface area contributed by atoms with Crippen molar-refractivity contribution >= 4 is 26.8 Å². The molecule has 1 aromatic carbocycles. The van der Waals surface area contributed by atoms with Crippen molar-refractivity contribution in [2.24, 2.45) is 11.3 Å². The summed E-state index contributed by atoms with van der Waals surface area (Å²) in [4.78, 5) is 3.73. The van der Waals surface area contributed by atoms with Crippen LogP contribution in [0.15, 0.2) is 22.7 Å². The van der Waals surface area contributed by atoms with Crippen LogP contribution in [-0.2, 0) is 6.42 Å². The van der Waals surface area contributed by atoms with Crippen LogP contribution in [0.5, 0.6) is 0 Å². The number of benzene rings is 1. The number of halogens is 1. The summed E-state index contributed by atoms with van der Waals surface area (Å²) in [6, 6.07) is 7.82. The summed E-state index contributed by atoms with van der Waals surface area (Å²) < 4.78 is 1.18. The molecule has 1 aromatic heterocycles. The lowest BCUT2D eigenvalue weighted by atomic mass is 9.71. The molecule has 0 amide bonds. The minimum Gasteiger partial charge on any atom is -0.357 e. The highest BCUT2D eigenvalue weighted by Crippen LogP contribution is 2.40. The van der Waals surface area contributed by atoms with E-state index in [0.717, 1.165) is 5.92 Å². The second-order valence-corrected chi connectivity index (χ2v) is 10.1. The molecule has 136 valence electrons. The molecule has 4 rings (SSSR count). The number of aryl methyl sites for hydroxylation is 1. The summed E-state index contributed by atoms with van der Waals surface area (Å²) in [6.07, 6.45) is 9.18. The number of H-pyrrole nitrogens is 1. The Balaban J connectivity index is 1.50. The molecule has 1 unspecified atom stereocenters. The van der Waals surface area contributed by atoms with Crippen molar-refractivity contribution in [3.8, 4) is 0 Å². The van der Waals surface area contributed by atoms with Crippen LogP contribution < -0.4 is 5.32 Å². The molecule has 25 heavy (non-hydrogen) atoms. The van der Waals surface area contributed by atoms with E-state index in [2.05, 4.69) is 65.2 Å². The molecule has 2 aromatic rings. The summed E-state index contributed by atoms with van der Waals surface area (Å²) in [7, 11) is 0. The Bertz CT molecular complexity index is 747. The fourth-order valence-corrected chi connectivity index (χ4v) is 5.37. The molecule has 0 saturated heterocycles. The summed E-state index contributed by atoms with van der Waals surface area (Å²) in [5.74, 6) is 0.887. The van der Waals surface area contributed by atoms with Crippen molar-refractivity contribution in [3.63, 3.8) is 0 Å². The molecule has 0 bridgehead atoms. The fraction of sp³-hybridized carbons (Fsp3) is 0.636. The Morgan fingerprint density at radius 3 is 2.56 bits per heavy atom. The highest BCUT2D eigenvalue weighted by atomic mass is 79.9. The number of nitrogens with one attached hydrogen (secondary N) is 2. The van der Waals surface area contributed by atoms with Crippen LogP contribution in [0.25, 0.3) is 10.9 Å². The second-order valence-electron chi connectivity index (χ2n) is 9.23. The van der Waals surface area contributed by atoms with Gasteiger partial charge < -0.3 is 10.3 Å². The Morgan fingerprint density at radius 1 is 1.08 bits per heavy atom. The SMILES string of the molecule is CC(C)(C)C1CCC(NC2CCCc3c2[nH]c2ccc(Br)cc32)CC1. The van der Waals surface area contributed by atoms with E-state index in [4.69, 9.17) is 0 Å². The van der Waals surface area contributed by atoms with E-state index in [0.29, 0.717) is 17.5 Å². The number of rotatable bonds is 2. The van der Waals surface area contributed by atoms with E-state index >= 15 is 0 Å². The number of hydrogen-bond donors (Lipinski definition) is 2. The van der Waals surface area contributed by atoms with Crippen LogP contribution >= 0.6 is 15.9 Å². The molecule has 1 saturated carbocycles. The zero-order valence-electron chi connectivity index (χ0n) is 15.8. The van der Waals surface area contributed by atoms with E-state index in [1.54, 1.807) is 5.56 Å². The van der Waals surface area contributed by atoms with Crippen LogP contribution in [-0.4, -0.2) is 11.0 Å². The first-order chi connectivity index (χ1) is 11.9. The predicted octanol–water partition coefficient (Wildman–Crippen LogP) is 6.50. The van der Waals surface area contributed by atoms with Gasteiger partial charge in [-0.15, -0.1) is 0 Å². The van der Waals surface area contributed by atoms with Gasteiger partial charge in [-0.2, -0.15) is 0 Å². The molecule has 0 aliphatic heterocycles. The maximum Gasteiger partial charge on any atom is 0.0478 e. The van der Waals surface area contributed by atoms with Crippen molar-refractivity contribution < 1.29 is 0 Å². The Kier molecular flexibility index (Phi) is 4.74. The quantitative estimate of drug-likeness (QED) is 0.588. The molecule has 1 atom stereocenters. The standard InChI is InChI=1S/C22H31BrN2/c1-22(2,3)14-7-10-16(11-8-14)24-20-6-4-5-17-18-13-15(23)9-12-19(18)25-21(17)20/h9,12-14,16,20,24-25H,4-8,10-11H2,1-3H3. The highest BCUT2D eigenvalue weighted by molar-refractivity contribution is 9.10. The maximum absolute atomic E-state index is 4.02. The van der Waals surface area contributed by atoms with Gasteiger partial charge in [0.25, 0.3) is 0 Å². The van der Waals surface area contributed by atoms with Gasteiger partial charge in [-0.3, -0.25) is 0 Å². The first kappa shape index (κ1) is 17.6. The van der Waals surface area contributed by atoms with Gasteiger partial charge in [0, 0.05) is 33.2 Å². The monoisotopic (exact) mass is 402 g/mol. The van der Waals surface area contributed by atoms with Gasteiger partial charge in [0.05, 0.1) is 0 Å². The zero-order valence-corrected chi connectivity index (χ0v) is 17.4. The van der Waals surface area contributed by atoms with Gasteiger partial charge in [0.15, 0.2) is 0 Å². The number of aromatic nitrogens is 1. The summed E-state index contributed by atoms with van der Waals surface area (Å²) in [6.45, 7) is 7.21. The fourth-order valence-electron chi connectivity index (χ4n) is 5.01. The third-order valence-electron chi connectivity index (χ3n) is 6.56. The van der Waals surface area contributed by atoms with Crippen molar-refractivity contribution in [2.75, 3.05) is 0 Å². The molecule has 0 radical (unpaired) electrons. The van der Waals surface area contributed by atoms with Gasteiger partial charge in [0.2, 0.25) is 0 Å². The summed E-state index contributed by atoms with van der Waals surface area (Å²) in [5.41, 5.74) is 4.76. The van der Waals surface area contributed by atoms with E-state index < -0.39 is 0 Å². The first-order valence-corrected chi connectivity index (χ1v) is 10.8. The van der Waals surface area contributed by atoms with Crippen molar-refractivity contribution in [3.05, 3.63) is 33.9 Å². The topological polar surface area (TPSA) is 27.8 Å². The van der Waals surface area contributed by atoms with Crippen LogP contribution in [0.2, 0.25) is 0 Å². The number of hydrogen-bond acceptors (Lipinski definition) is 1. The van der Waals surface area contributed by atoms with Gasteiger partial charge >= 0.3 is 0 Å². The molecule has 1 heterocycles. The Hall–Kier alpha value is -0.800. The molecule has 2 aliphatic carbocycles. The van der Waals surface area contributed by atoms with Crippen molar-refractivity contribution in [2.45, 2.75) is 77.8 Å². The minimum absolute atomic E-state index is 0.466. The molecule has 2 N–H and O–H groups in total. The van der Waals surface area contributed by atoms with Gasteiger partial charge in [0.1, 0.15) is 0 Å². The van der Waals surface area contributed by atoms with E-state index in [-0.39, 0.29) is 0 Å². The lowest BCUT2D eigenvalue weighted by Crippen LogP contribution is -2.39. The molecular formula is C22H31BrN2. The van der Waals surface area contributed by atoms with Gasteiger partial charge in [-0.25, -0.2) is 0 Å². The first-order valence-electron chi connectivity index (χ1n) is 9.98. The Morgan fingerprint density at radius 2 is 1.84 bits per heavy atom. The van der Waals surface area contributed by atoms with Crippen LogP contribution in [0.4, 0.5) is 0 Å². The molecule has 0 spiro atoms. The third kappa shape index (κ3) is 3.55. The summed E-state index contributed by atoms with van der Waals surface area (Å²) >= 11 is 3.63. The summed E-state index contributed by atoms with van der Waals surface area (Å²) in [5, 5.41) is 5.43. The predicted molar refractivity (Wildman–Crippen MR) is 110 cm³/mol. The van der Waals surface area contributed by atoms with E-state index in [1.807, 2.05) is 0 Å².